The Morgan fingerprint density at radius 2 is 1.86 bits per heavy atom. The second kappa shape index (κ2) is 9.30. The Balaban J connectivity index is 1.49. The van der Waals surface area contributed by atoms with Gasteiger partial charge in [-0.1, -0.05) is 44.2 Å². The molecule has 1 aliphatic heterocycles. The number of carbonyl (C=O) groups excluding carboxylic acids is 2. The van der Waals surface area contributed by atoms with Gasteiger partial charge in [-0.25, -0.2) is 0 Å². The van der Waals surface area contributed by atoms with Crippen LogP contribution >= 0.6 is 0 Å². The van der Waals surface area contributed by atoms with Gasteiger partial charge in [0.15, 0.2) is 5.78 Å². The number of benzene rings is 1. The molecule has 7 nitrogen and oxygen atoms in total. The number of rotatable bonds is 5. The minimum Gasteiger partial charge on any atom is -0.458 e. The van der Waals surface area contributed by atoms with Gasteiger partial charge in [0, 0.05) is 37.7 Å². The summed E-state index contributed by atoms with van der Waals surface area (Å²) in [5.41, 5.74) is -0.982. The molecular formula is C30H40O7. The van der Waals surface area contributed by atoms with Crippen molar-refractivity contribution in [3.8, 4) is 0 Å². The van der Waals surface area contributed by atoms with Crippen LogP contribution in [0.3, 0.4) is 0 Å². The number of aliphatic hydroxyl groups is 2. The SMILES string of the molecule is COC1CC2OCC2C2CC3(O)C[C@H](OC(=O)CCc4ccccc4)C(C)=C(C(O)C(=O)C12C)C3(C)C. The molecule has 2 N–H and O–H groups in total. The van der Waals surface area contributed by atoms with Crippen LogP contribution in [0.25, 0.3) is 0 Å². The lowest BCUT2D eigenvalue weighted by Gasteiger charge is -2.62. The first-order valence-electron chi connectivity index (χ1n) is 13.5. The van der Waals surface area contributed by atoms with Crippen molar-refractivity contribution >= 4 is 11.8 Å². The molecule has 0 amide bonds. The summed E-state index contributed by atoms with van der Waals surface area (Å²) in [6, 6.07) is 9.75. The highest BCUT2D eigenvalue weighted by molar-refractivity contribution is 5.93. The number of hydrogen-bond donors (Lipinski definition) is 2. The predicted molar refractivity (Wildman–Crippen MR) is 137 cm³/mol. The lowest BCUT2D eigenvalue weighted by molar-refractivity contribution is -0.247. The van der Waals surface area contributed by atoms with Crippen molar-refractivity contribution in [2.75, 3.05) is 13.7 Å². The summed E-state index contributed by atoms with van der Waals surface area (Å²) in [5.74, 6) is -0.768. The van der Waals surface area contributed by atoms with Crippen LogP contribution in [-0.2, 0) is 30.2 Å². The fourth-order valence-electron chi connectivity index (χ4n) is 7.70. The van der Waals surface area contributed by atoms with Gasteiger partial charge in [-0.2, -0.15) is 0 Å². The number of ketones is 1. The maximum Gasteiger partial charge on any atom is 0.306 e. The summed E-state index contributed by atoms with van der Waals surface area (Å²) < 4.78 is 17.6. The molecular weight excluding hydrogens is 472 g/mol. The number of hydrogen-bond acceptors (Lipinski definition) is 7. The zero-order valence-electron chi connectivity index (χ0n) is 22.5. The van der Waals surface area contributed by atoms with Gasteiger partial charge in [0.1, 0.15) is 12.2 Å². The van der Waals surface area contributed by atoms with Gasteiger partial charge in [0.2, 0.25) is 0 Å². The van der Waals surface area contributed by atoms with Crippen molar-refractivity contribution in [2.45, 2.75) is 89.8 Å². The lowest BCUT2D eigenvalue weighted by Crippen LogP contribution is -2.69. The Bertz CT molecular complexity index is 1090. The largest absolute Gasteiger partial charge is 0.458 e. The Labute approximate surface area is 219 Å². The zero-order valence-corrected chi connectivity index (χ0v) is 22.5. The van der Waals surface area contributed by atoms with Crippen LogP contribution < -0.4 is 0 Å². The maximum atomic E-state index is 14.1. The minimum atomic E-state index is -1.42. The van der Waals surface area contributed by atoms with E-state index in [2.05, 4.69) is 0 Å². The molecule has 202 valence electrons. The van der Waals surface area contributed by atoms with Crippen molar-refractivity contribution in [1.82, 2.24) is 0 Å². The van der Waals surface area contributed by atoms with Gasteiger partial charge in [0.25, 0.3) is 0 Å². The van der Waals surface area contributed by atoms with Crippen LogP contribution in [0.4, 0.5) is 0 Å². The van der Waals surface area contributed by atoms with E-state index in [1.807, 2.05) is 58.0 Å². The number of ether oxygens (including phenoxy) is 3. The number of fused-ring (bicyclic) bond motifs is 5. The van der Waals surface area contributed by atoms with E-state index in [9.17, 15) is 19.8 Å². The summed E-state index contributed by atoms with van der Waals surface area (Å²) in [6.45, 7) is 8.02. The molecule has 1 aromatic rings. The van der Waals surface area contributed by atoms with Crippen molar-refractivity contribution in [1.29, 1.82) is 0 Å². The number of methoxy groups -OCH3 is 1. The normalized spacial score (nSPS) is 40.6. The number of aryl methyl sites for hydroxylation is 1. The highest BCUT2D eigenvalue weighted by Crippen LogP contribution is 2.61. The molecule has 7 unspecified atom stereocenters. The van der Waals surface area contributed by atoms with Gasteiger partial charge >= 0.3 is 5.97 Å². The van der Waals surface area contributed by atoms with Gasteiger partial charge in [-0.3, -0.25) is 9.59 Å². The molecule has 2 saturated carbocycles. The molecule has 1 saturated heterocycles. The van der Waals surface area contributed by atoms with Crippen molar-refractivity contribution < 1.29 is 34.0 Å². The first kappa shape index (κ1) is 26.5. The molecule has 0 radical (unpaired) electrons. The first-order valence-corrected chi connectivity index (χ1v) is 13.5. The van der Waals surface area contributed by atoms with Gasteiger partial charge < -0.3 is 24.4 Å². The number of carbonyl (C=O) groups is 2. The highest BCUT2D eigenvalue weighted by Gasteiger charge is 2.67. The van der Waals surface area contributed by atoms with Crippen LogP contribution in [0.1, 0.15) is 58.9 Å². The summed E-state index contributed by atoms with van der Waals surface area (Å²) in [4.78, 5) is 27.0. The maximum absolute atomic E-state index is 14.1. The number of Topliss-reactive ketones (excluding diaryl/α,β-unsaturated/α-hetero) is 1. The molecule has 1 aromatic carbocycles. The monoisotopic (exact) mass is 512 g/mol. The molecule has 0 aromatic heterocycles. The number of aliphatic hydroxyl groups excluding tert-OH is 1. The van der Waals surface area contributed by atoms with E-state index in [1.165, 1.54) is 0 Å². The third-order valence-corrected chi connectivity index (χ3v) is 10.3. The van der Waals surface area contributed by atoms with Crippen LogP contribution in [0.2, 0.25) is 0 Å². The molecule has 7 heteroatoms. The molecule has 5 rings (SSSR count). The van der Waals surface area contributed by atoms with E-state index in [4.69, 9.17) is 14.2 Å². The van der Waals surface area contributed by atoms with Crippen LogP contribution in [0.15, 0.2) is 41.5 Å². The van der Waals surface area contributed by atoms with Crippen molar-refractivity contribution in [2.24, 2.45) is 22.7 Å². The molecule has 8 atom stereocenters. The standard InChI is InChI=1S/C30H40O7/c1-17-22(37-24(31)12-11-18-9-7-6-8-10-18)15-30(34)14-20-19-16-36-21(19)13-23(35-5)29(20,4)27(33)26(32)25(17)28(30,2)3/h6-10,19-23,26,32,34H,11-16H2,1-5H3/t19?,20?,21?,22-,23?,26?,29?,30?/m0/s1. The summed E-state index contributed by atoms with van der Waals surface area (Å²) in [7, 11) is 1.60. The minimum absolute atomic E-state index is 0.0222. The topological polar surface area (TPSA) is 102 Å². The van der Waals surface area contributed by atoms with Crippen molar-refractivity contribution in [3.63, 3.8) is 0 Å². The Morgan fingerprint density at radius 1 is 1.16 bits per heavy atom. The predicted octanol–water partition coefficient (Wildman–Crippen LogP) is 3.40. The molecule has 2 bridgehead atoms. The summed E-state index contributed by atoms with van der Waals surface area (Å²) >= 11 is 0. The van der Waals surface area contributed by atoms with Crippen LogP contribution in [-0.4, -0.2) is 65.7 Å². The Morgan fingerprint density at radius 3 is 2.49 bits per heavy atom. The van der Waals surface area contributed by atoms with E-state index in [0.717, 1.165) is 5.56 Å². The van der Waals surface area contributed by atoms with Gasteiger partial charge in [-0.15, -0.1) is 0 Å². The average molecular weight is 513 g/mol. The van der Waals surface area contributed by atoms with E-state index >= 15 is 0 Å². The Kier molecular flexibility index (Phi) is 6.67. The second-order valence-corrected chi connectivity index (χ2v) is 12.3. The summed E-state index contributed by atoms with van der Waals surface area (Å²) in [5, 5.41) is 24.0. The van der Waals surface area contributed by atoms with E-state index in [-0.39, 0.29) is 42.5 Å². The van der Waals surface area contributed by atoms with Gasteiger partial charge in [-0.05, 0) is 49.3 Å². The number of esters is 1. The Hall–Kier alpha value is -2.06. The molecule has 0 spiro atoms. The molecule has 3 aliphatic carbocycles. The molecule has 1 heterocycles. The smallest absolute Gasteiger partial charge is 0.306 e. The third kappa shape index (κ3) is 4.01. The average Bonchev–Trinajstić information content (AvgIpc) is 2.84. The highest BCUT2D eigenvalue weighted by atomic mass is 16.5. The van der Waals surface area contributed by atoms with Crippen LogP contribution in [0.5, 0.6) is 0 Å². The second-order valence-electron chi connectivity index (χ2n) is 12.3. The van der Waals surface area contributed by atoms with E-state index in [0.29, 0.717) is 37.0 Å². The van der Waals surface area contributed by atoms with E-state index in [1.54, 1.807) is 7.11 Å². The van der Waals surface area contributed by atoms with E-state index < -0.39 is 34.7 Å². The first-order chi connectivity index (χ1) is 17.4. The molecule has 4 aliphatic rings. The van der Waals surface area contributed by atoms with Crippen molar-refractivity contribution in [3.05, 3.63) is 47.0 Å². The third-order valence-electron chi connectivity index (χ3n) is 10.3. The zero-order chi connectivity index (χ0) is 26.8. The van der Waals surface area contributed by atoms with Crippen LogP contribution in [0, 0.1) is 22.7 Å². The fourth-order valence-corrected chi connectivity index (χ4v) is 7.70. The molecule has 37 heavy (non-hydrogen) atoms. The molecule has 3 fully saturated rings. The fraction of sp³-hybridized carbons (Fsp3) is 0.667. The van der Waals surface area contributed by atoms with Gasteiger partial charge in [0.05, 0.1) is 29.8 Å². The quantitative estimate of drug-likeness (QED) is 0.461. The lowest BCUT2D eigenvalue weighted by atomic mass is 9.47. The summed E-state index contributed by atoms with van der Waals surface area (Å²) in [6.07, 6.45) is -0.651.